The second kappa shape index (κ2) is 7.83. The lowest BCUT2D eigenvalue weighted by Gasteiger charge is -2.32. The first-order valence-electron chi connectivity index (χ1n) is 9.06. The maximum Gasteiger partial charge on any atom is 0.315 e. The molecule has 132 valence electrons. The number of urea groups is 1. The van der Waals surface area contributed by atoms with Gasteiger partial charge in [-0.3, -0.25) is 4.90 Å². The molecule has 1 saturated heterocycles. The van der Waals surface area contributed by atoms with Gasteiger partial charge in [0.25, 0.3) is 0 Å². The Bertz CT molecular complexity index is 563. The van der Waals surface area contributed by atoms with E-state index < -0.39 is 0 Å². The van der Waals surface area contributed by atoms with Crippen molar-refractivity contribution in [2.75, 3.05) is 19.6 Å². The fraction of sp³-hybridized carbons (Fsp3) is 0.667. The van der Waals surface area contributed by atoms with Crippen molar-refractivity contribution in [2.24, 2.45) is 0 Å². The van der Waals surface area contributed by atoms with E-state index in [0.717, 1.165) is 57.0 Å². The molecule has 2 N–H and O–H groups in total. The standard InChI is InChI=1S/C18H29N5O/c1-14(2)12-22-9-6-15(7-10-22)21-18(24)19-11-16-13-23-8-4-3-5-17(23)20-16/h13,15H,1,3-12H2,2H3,(H2,19,21,24). The summed E-state index contributed by atoms with van der Waals surface area (Å²) in [6.07, 6.45) is 7.56. The largest absolute Gasteiger partial charge is 0.335 e. The third-order valence-electron chi connectivity index (χ3n) is 4.80. The highest BCUT2D eigenvalue weighted by Crippen LogP contribution is 2.14. The van der Waals surface area contributed by atoms with E-state index in [1.54, 1.807) is 0 Å². The predicted octanol–water partition coefficient (Wildman–Crippen LogP) is 2.06. The average molecular weight is 331 g/mol. The minimum Gasteiger partial charge on any atom is -0.335 e. The van der Waals surface area contributed by atoms with Crippen LogP contribution in [-0.2, 0) is 19.5 Å². The minimum atomic E-state index is -0.0840. The fourth-order valence-electron chi connectivity index (χ4n) is 3.58. The number of piperidine rings is 1. The second-order valence-electron chi connectivity index (χ2n) is 7.13. The Labute approximate surface area is 144 Å². The van der Waals surface area contributed by atoms with E-state index in [2.05, 4.69) is 44.8 Å². The second-order valence-corrected chi connectivity index (χ2v) is 7.13. The van der Waals surface area contributed by atoms with Crippen molar-refractivity contribution >= 4 is 6.03 Å². The van der Waals surface area contributed by atoms with E-state index in [1.807, 2.05) is 0 Å². The Morgan fingerprint density at radius 3 is 2.83 bits per heavy atom. The monoisotopic (exact) mass is 331 g/mol. The van der Waals surface area contributed by atoms with Crippen LogP contribution in [0.25, 0.3) is 0 Å². The van der Waals surface area contributed by atoms with Crippen LogP contribution in [0.1, 0.15) is 44.1 Å². The lowest BCUT2D eigenvalue weighted by Crippen LogP contribution is -2.47. The molecule has 6 nitrogen and oxygen atoms in total. The van der Waals surface area contributed by atoms with Crippen LogP contribution >= 0.6 is 0 Å². The van der Waals surface area contributed by atoms with Gasteiger partial charge in [-0.1, -0.05) is 12.2 Å². The highest BCUT2D eigenvalue weighted by molar-refractivity contribution is 5.74. The Balaban J connectivity index is 1.38. The number of fused-ring (bicyclic) bond motifs is 1. The van der Waals surface area contributed by atoms with Crippen molar-refractivity contribution in [3.8, 4) is 0 Å². The highest BCUT2D eigenvalue weighted by atomic mass is 16.2. The molecule has 1 fully saturated rings. The summed E-state index contributed by atoms with van der Waals surface area (Å²) in [4.78, 5) is 19.1. The number of aromatic nitrogens is 2. The molecule has 0 spiro atoms. The first-order valence-corrected chi connectivity index (χ1v) is 9.06. The summed E-state index contributed by atoms with van der Waals surface area (Å²) in [6, 6.07) is 0.181. The SMILES string of the molecule is C=C(C)CN1CCC(NC(=O)NCc2cn3c(n2)CCCC3)CC1. The van der Waals surface area contributed by atoms with Gasteiger partial charge in [0.05, 0.1) is 12.2 Å². The van der Waals surface area contributed by atoms with Crippen LogP contribution in [0.2, 0.25) is 0 Å². The zero-order valence-electron chi connectivity index (χ0n) is 14.7. The molecule has 2 aliphatic rings. The molecule has 0 aliphatic carbocycles. The summed E-state index contributed by atoms with van der Waals surface area (Å²) in [6.45, 7) is 10.6. The number of carbonyl (C=O) groups is 1. The predicted molar refractivity (Wildman–Crippen MR) is 94.8 cm³/mol. The molecule has 3 heterocycles. The molecule has 2 aliphatic heterocycles. The van der Waals surface area contributed by atoms with Gasteiger partial charge in [-0.05, 0) is 32.6 Å². The van der Waals surface area contributed by atoms with E-state index in [0.29, 0.717) is 6.54 Å². The maximum atomic E-state index is 12.1. The van der Waals surface area contributed by atoms with Gasteiger partial charge in [0.15, 0.2) is 0 Å². The molecule has 3 rings (SSSR count). The Morgan fingerprint density at radius 2 is 2.12 bits per heavy atom. The number of nitrogens with zero attached hydrogens (tertiary/aromatic N) is 3. The van der Waals surface area contributed by atoms with Crippen molar-refractivity contribution in [1.82, 2.24) is 25.1 Å². The van der Waals surface area contributed by atoms with Crippen molar-refractivity contribution < 1.29 is 4.79 Å². The van der Waals surface area contributed by atoms with Crippen molar-refractivity contribution in [1.29, 1.82) is 0 Å². The zero-order chi connectivity index (χ0) is 16.9. The fourth-order valence-corrected chi connectivity index (χ4v) is 3.58. The van der Waals surface area contributed by atoms with Crippen molar-refractivity contribution in [3.63, 3.8) is 0 Å². The first kappa shape index (κ1) is 17.0. The molecule has 0 atom stereocenters. The summed E-state index contributed by atoms with van der Waals surface area (Å²) in [5.41, 5.74) is 2.15. The van der Waals surface area contributed by atoms with Crippen LogP contribution in [0.4, 0.5) is 4.79 Å². The van der Waals surface area contributed by atoms with E-state index in [9.17, 15) is 4.79 Å². The topological polar surface area (TPSA) is 62.2 Å². The normalized spacial score (nSPS) is 18.9. The molecule has 0 aromatic carbocycles. The van der Waals surface area contributed by atoms with Gasteiger partial charge in [0.2, 0.25) is 0 Å². The highest BCUT2D eigenvalue weighted by Gasteiger charge is 2.20. The van der Waals surface area contributed by atoms with Crippen LogP contribution in [0, 0.1) is 0 Å². The summed E-state index contributed by atoms with van der Waals surface area (Å²) in [7, 11) is 0. The van der Waals surface area contributed by atoms with Crippen LogP contribution in [0.5, 0.6) is 0 Å². The number of amides is 2. The van der Waals surface area contributed by atoms with Crippen molar-refractivity contribution in [3.05, 3.63) is 29.9 Å². The van der Waals surface area contributed by atoms with Gasteiger partial charge in [-0.2, -0.15) is 0 Å². The number of likely N-dealkylation sites (tertiary alicyclic amines) is 1. The number of rotatable bonds is 5. The molecule has 1 aromatic rings. The number of nitrogens with one attached hydrogen (secondary N) is 2. The lowest BCUT2D eigenvalue weighted by molar-refractivity contribution is 0.201. The summed E-state index contributed by atoms with van der Waals surface area (Å²) < 4.78 is 2.22. The number of aryl methyl sites for hydroxylation is 2. The molecule has 0 bridgehead atoms. The smallest absolute Gasteiger partial charge is 0.315 e. The molecule has 0 radical (unpaired) electrons. The van der Waals surface area contributed by atoms with Gasteiger partial charge in [-0.25, -0.2) is 9.78 Å². The molecule has 0 unspecified atom stereocenters. The molecule has 6 heteroatoms. The molecule has 0 saturated carbocycles. The van der Waals surface area contributed by atoms with Gasteiger partial charge >= 0.3 is 6.03 Å². The third-order valence-corrected chi connectivity index (χ3v) is 4.80. The molecular weight excluding hydrogens is 302 g/mol. The third kappa shape index (κ3) is 4.60. The van der Waals surface area contributed by atoms with Gasteiger partial charge in [-0.15, -0.1) is 0 Å². The molecular formula is C18H29N5O. The number of carbonyl (C=O) groups excluding carboxylic acids is 1. The molecule has 24 heavy (non-hydrogen) atoms. The van der Waals surface area contributed by atoms with Crippen molar-refractivity contribution in [2.45, 2.75) is 58.2 Å². The van der Waals surface area contributed by atoms with Crippen LogP contribution in [-0.4, -0.2) is 46.2 Å². The van der Waals surface area contributed by atoms with Crippen LogP contribution in [0.15, 0.2) is 18.3 Å². The lowest BCUT2D eigenvalue weighted by atomic mass is 10.0. The Morgan fingerprint density at radius 1 is 1.33 bits per heavy atom. The summed E-state index contributed by atoms with van der Waals surface area (Å²) >= 11 is 0. The zero-order valence-corrected chi connectivity index (χ0v) is 14.7. The van der Waals surface area contributed by atoms with E-state index >= 15 is 0 Å². The quantitative estimate of drug-likeness (QED) is 0.812. The van der Waals surface area contributed by atoms with Gasteiger partial charge in [0, 0.05) is 44.8 Å². The molecule has 1 aromatic heterocycles. The van der Waals surface area contributed by atoms with E-state index in [1.165, 1.54) is 18.4 Å². The summed E-state index contributed by atoms with van der Waals surface area (Å²) in [5.74, 6) is 1.16. The Kier molecular flexibility index (Phi) is 5.56. The van der Waals surface area contributed by atoms with Gasteiger partial charge < -0.3 is 15.2 Å². The summed E-state index contributed by atoms with van der Waals surface area (Å²) in [5, 5.41) is 6.04. The van der Waals surface area contributed by atoms with E-state index in [4.69, 9.17) is 0 Å². The van der Waals surface area contributed by atoms with Crippen LogP contribution in [0.3, 0.4) is 0 Å². The number of hydrogen-bond acceptors (Lipinski definition) is 3. The Hall–Kier alpha value is -1.82. The van der Waals surface area contributed by atoms with Crippen LogP contribution < -0.4 is 10.6 Å². The number of imidazole rings is 1. The first-order chi connectivity index (χ1) is 11.6. The van der Waals surface area contributed by atoms with Gasteiger partial charge in [0.1, 0.15) is 5.82 Å². The molecule has 2 amide bonds. The minimum absolute atomic E-state index is 0.0840. The average Bonchev–Trinajstić information content (AvgIpc) is 2.97. The van der Waals surface area contributed by atoms with E-state index in [-0.39, 0.29) is 12.1 Å². The number of hydrogen-bond donors (Lipinski definition) is 2. The maximum absolute atomic E-state index is 12.1.